The highest BCUT2D eigenvalue weighted by atomic mass is 15.3. The van der Waals surface area contributed by atoms with Gasteiger partial charge in [-0.15, -0.1) is 0 Å². The number of aromatic nitrogens is 4. The fraction of sp³-hybridized carbons (Fsp3) is 0.600. The van der Waals surface area contributed by atoms with Crippen LogP contribution in [0.5, 0.6) is 0 Å². The molecule has 0 bridgehead atoms. The smallest absolute Gasteiger partial charge is 0.0638 e. The lowest BCUT2D eigenvalue weighted by atomic mass is 10.1. The van der Waals surface area contributed by atoms with Crippen molar-refractivity contribution < 1.29 is 0 Å². The van der Waals surface area contributed by atoms with Crippen LogP contribution in [0.15, 0.2) is 6.07 Å². The Labute approximate surface area is 120 Å². The van der Waals surface area contributed by atoms with Crippen LogP contribution in [0.25, 0.3) is 0 Å². The maximum Gasteiger partial charge on any atom is 0.0638 e. The Balaban J connectivity index is 1.81. The molecule has 0 aromatic carbocycles. The topological polar surface area (TPSA) is 58.5 Å². The van der Waals surface area contributed by atoms with E-state index in [0.717, 1.165) is 36.7 Å². The summed E-state index contributed by atoms with van der Waals surface area (Å²) in [5, 5.41) is 15.3. The molecular weight excluding hydrogens is 250 g/mol. The number of H-pyrrole nitrogens is 1. The monoisotopic (exact) mass is 275 g/mol. The van der Waals surface area contributed by atoms with Crippen molar-refractivity contribution in [3.8, 4) is 0 Å². The standard InChI is InChI=1S/C15H25N5/c1-10(9-20-12(3)6-11(2)19-20)7-16-8-15-13(4)17-18-14(15)5/h6,10,16H,7-9H2,1-5H3,(H,17,18)/t10-/m1/s1. The molecule has 0 saturated carbocycles. The Kier molecular flexibility index (Phi) is 4.60. The normalized spacial score (nSPS) is 12.8. The van der Waals surface area contributed by atoms with E-state index in [0.29, 0.717) is 5.92 Å². The molecule has 5 nitrogen and oxygen atoms in total. The van der Waals surface area contributed by atoms with Gasteiger partial charge >= 0.3 is 0 Å². The third kappa shape index (κ3) is 3.48. The second-order valence-corrected chi connectivity index (χ2v) is 5.76. The van der Waals surface area contributed by atoms with E-state index in [1.165, 1.54) is 11.3 Å². The summed E-state index contributed by atoms with van der Waals surface area (Å²) in [6.07, 6.45) is 0. The molecule has 0 amide bonds. The number of nitrogens with one attached hydrogen (secondary N) is 2. The molecule has 0 saturated heterocycles. The van der Waals surface area contributed by atoms with E-state index < -0.39 is 0 Å². The highest BCUT2D eigenvalue weighted by Gasteiger charge is 2.09. The summed E-state index contributed by atoms with van der Waals surface area (Å²) in [5.41, 5.74) is 5.84. The largest absolute Gasteiger partial charge is 0.312 e. The minimum atomic E-state index is 0.542. The van der Waals surface area contributed by atoms with Gasteiger partial charge in [-0.05, 0) is 46.2 Å². The van der Waals surface area contributed by atoms with Crippen molar-refractivity contribution in [2.75, 3.05) is 6.54 Å². The highest BCUT2D eigenvalue weighted by Crippen LogP contribution is 2.09. The van der Waals surface area contributed by atoms with Crippen molar-refractivity contribution in [3.63, 3.8) is 0 Å². The fourth-order valence-electron chi connectivity index (χ4n) is 2.50. The van der Waals surface area contributed by atoms with E-state index >= 15 is 0 Å². The predicted molar refractivity (Wildman–Crippen MR) is 80.6 cm³/mol. The molecule has 110 valence electrons. The van der Waals surface area contributed by atoms with E-state index in [2.05, 4.69) is 52.1 Å². The summed E-state index contributed by atoms with van der Waals surface area (Å²) in [6, 6.07) is 2.12. The first-order valence-corrected chi connectivity index (χ1v) is 7.19. The molecule has 0 fully saturated rings. The molecule has 2 aromatic rings. The van der Waals surface area contributed by atoms with Crippen LogP contribution in [0, 0.1) is 33.6 Å². The van der Waals surface area contributed by atoms with Crippen LogP contribution >= 0.6 is 0 Å². The van der Waals surface area contributed by atoms with E-state index in [9.17, 15) is 0 Å². The van der Waals surface area contributed by atoms with Crippen LogP contribution < -0.4 is 5.32 Å². The van der Waals surface area contributed by atoms with E-state index in [-0.39, 0.29) is 0 Å². The third-order valence-electron chi connectivity index (χ3n) is 3.66. The van der Waals surface area contributed by atoms with Crippen LogP contribution in [0.3, 0.4) is 0 Å². The van der Waals surface area contributed by atoms with Gasteiger partial charge in [0.05, 0.1) is 11.4 Å². The lowest BCUT2D eigenvalue weighted by Gasteiger charge is -2.14. The predicted octanol–water partition coefficient (Wildman–Crippen LogP) is 2.27. The first-order chi connectivity index (χ1) is 9.47. The molecule has 0 aliphatic heterocycles. The van der Waals surface area contributed by atoms with Gasteiger partial charge in [0.15, 0.2) is 0 Å². The Morgan fingerprint density at radius 1 is 1.30 bits per heavy atom. The average molecular weight is 275 g/mol. The summed E-state index contributed by atoms with van der Waals surface area (Å²) < 4.78 is 2.09. The molecule has 2 N–H and O–H groups in total. The average Bonchev–Trinajstić information content (AvgIpc) is 2.85. The summed E-state index contributed by atoms with van der Waals surface area (Å²) in [7, 11) is 0. The minimum absolute atomic E-state index is 0.542. The number of hydrogen-bond acceptors (Lipinski definition) is 3. The first kappa shape index (κ1) is 14.8. The van der Waals surface area contributed by atoms with Crippen LogP contribution in [-0.4, -0.2) is 26.5 Å². The second-order valence-electron chi connectivity index (χ2n) is 5.76. The Morgan fingerprint density at radius 2 is 2.05 bits per heavy atom. The number of nitrogens with zero attached hydrogens (tertiary/aromatic N) is 3. The molecule has 2 aromatic heterocycles. The molecule has 2 heterocycles. The SMILES string of the molecule is Cc1cc(C)n(C[C@H](C)CNCc2c(C)n[nH]c2C)n1. The molecule has 0 spiro atoms. The molecule has 0 unspecified atom stereocenters. The van der Waals surface area contributed by atoms with Gasteiger partial charge < -0.3 is 5.32 Å². The van der Waals surface area contributed by atoms with Gasteiger partial charge in [0.25, 0.3) is 0 Å². The van der Waals surface area contributed by atoms with E-state index in [1.54, 1.807) is 0 Å². The molecule has 1 atom stereocenters. The number of aryl methyl sites for hydroxylation is 4. The summed E-state index contributed by atoms with van der Waals surface area (Å²) in [4.78, 5) is 0. The Hall–Kier alpha value is -1.62. The van der Waals surface area contributed by atoms with Crippen molar-refractivity contribution in [1.82, 2.24) is 25.3 Å². The van der Waals surface area contributed by atoms with Crippen molar-refractivity contribution in [3.05, 3.63) is 34.4 Å². The van der Waals surface area contributed by atoms with Crippen LogP contribution in [0.4, 0.5) is 0 Å². The lowest BCUT2D eigenvalue weighted by Crippen LogP contribution is -2.25. The van der Waals surface area contributed by atoms with Crippen LogP contribution in [-0.2, 0) is 13.1 Å². The van der Waals surface area contributed by atoms with Gasteiger partial charge in [-0.1, -0.05) is 6.92 Å². The first-order valence-electron chi connectivity index (χ1n) is 7.19. The van der Waals surface area contributed by atoms with Crippen molar-refractivity contribution in [2.45, 2.75) is 47.7 Å². The van der Waals surface area contributed by atoms with Gasteiger partial charge in [-0.2, -0.15) is 10.2 Å². The maximum absolute atomic E-state index is 4.51. The van der Waals surface area contributed by atoms with Crippen LogP contribution in [0.1, 0.15) is 35.3 Å². The molecular formula is C15H25N5. The van der Waals surface area contributed by atoms with E-state index in [1.807, 2.05) is 13.8 Å². The number of hydrogen-bond donors (Lipinski definition) is 2. The second kappa shape index (κ2) is 6.22. The quantitative estimate of drug-likeness (QED) is 0.850. The van der Waals surface area contributed by atoms with Gasteiger partial charge in [0.2, 0.25) is 0 Å². The third-order valence-corrected chi connectivity index (χ3v) is 3.66. The van der Waals surface area contributed by atoms with Gasteiger partial charge in [-0.25, -0.2) is 0 Å². The summed E-state index contributed by atoms with van der Waals surface area (Å²) in [6.45, 7) is 13.3. The van der Waals surface area contributed by atoms with Gasteiger partial charge in [0, 0.05) is 30.0 Å². The Bertz CT molecular complexity index is 547. The fourth-order valence-corrected chi connectivity index (χ4v) is 2.50. The lowest BCUT2D eigenvalue weighted by molar-refractivity contribution is 0.415. The van der Waals surface area contributed by atoms with Crippen molar-refractivity contribution in [1.29, 1.82) is 0 Å². The molecule has 2 rings (SSSR count). The van der Waals surface area contributed by atoms with Crippen molar-refractivity contribution in [2.24, 2.45) is 5.92 Å². The van der Waals surface area contributed by atoms with E-state index in [4.69, 9.17) is 0 Å². The molecule has 5 heteroatoms. The van der Waals surface area contributed by atoms with Gasteiger partial charge in [0.1, 0.15) is 0 Å². The van der Waals surface area contributed by atoms with Gasteiger partial charge in [-0.3, -0.25) is 9.78 Å². The minimum Gasteiger partial charge on any atom is -0.312 e. The zero-order valence-electron chi connectivity index (χ0n) is 13.1. The van der Waals surface area contributed by atoms with Crippen molar-refractivity contribution >= 4 is 0 Å². The molecule has 0 radical (unpaired) electrons. The zero-order chi connectivity index (χ0) is 14.7. The number of aromatic amines is 1. The molecule has 0 aliphatic carbocycles. The zero-order valence-corrected chi connectivity index (χ0v) is 13.1. The Morgan fingerprint density at radius 3 is 2.60 bits per heavy atom. The van der Waals surface area contributed by atoms with Crippen LogP contribution in [0.2, 0.25) is 0 Å². The summed E-state index contributed by atoms with van der Waals surface area (Å²) in [5.74, 6) is 0.542. The number of rotatable bonds is 6. The summed E-state index contributed by atoms with van der Waals surface area (Å²) >= 11 is 0. The molecule has 20 heavy (non-hydrogen) atoms. The highest BCUT2D eigenvalue weighted by molar-refractivity contribution is 5.22. The maximum atomic E-state index is 4.51. The molecule has 0 aliphatic rings.